The minimum absolute atomic E-state index is 0.367. The molecule has 2 aliphatic heterocycles. The van der Waals surface area contributed by atoms with Gasteiger partial charge >= 0.3 is 0 Å². The Kier molecular flexibility index (Phi) is 5.87. The monoisotopic (exact) mass is 397 g/mol. The lowest BCUT2D eigenvalue weighted by molar-refractivity contribution is -0.169. The van der Waals surface area contributed by atoms with Crippen molar-refractivity contribution in [2.24, 2.45) is 0 Å². The summed E-state index contributed by atoms with van der Waals surface area (Å²) >= 11 is 0. The molecule has 2 saturated heterocycles. The molecule has 156 valence electrons. The molecule has 1 aromatic carbocycles. The zero-order valence-electron chi connectivity index (χ0n) is 17.6. The molecule has 29 heavy (non-hydrogen) atoms. The van der Waals surface area contributed by atoms with Gasteiger partial charge in [-0.3, -0.25) is 0 Å². The smallest absolute Gasteiger partial charge is 0.171 e. The summed E-state index contributed by atoms with van der Waals surface area (Å²) in [5.41, 5.74) is 3.51. The molecule has 0 atom stereocenters. The van der Waals surface area contributed by atoms with Crippen LogP contribution in [0, 0.1) is 6.92 Å². The molecule has 0 saturated carbocycles. The van der Waals surface area contributed by atoms with Crippen molar-refractivity contribution < 1.29 is 9.47 Å². The number of nitrogens with zero attached hydrogens (tertiary/aromatic N) is 4. The van der Waals surface area contributed by atoms with E-state index in [0.29, 0.717) is 13.2 Å². The van der Waals surface area contributed by atoms with Gasteiger partial charge in [-0.25, -0.2) is 9.97 Å². The molecule has 2 fully saturated rings. The number of nitrogens with one attached hydrogen (secondary N) is 1. The van der Waals surface area contributed by atoms with E-state index in [-0.39, 0.29) is 5.79 Å². The summed E-state index contributed by atoms with van der Waals surface area (Å²) in [5.74, 6) is 1.38. The highest BCUT2D eigenvalue weighted by molar-refractivity contribution is 5.66. The summed E-state index contributed by atoms with van der Waals surface area (Å²) in [4.78, 5) is 13.5. The summed E-state index contributed by atoms with van der Waals surface area (Å²) in [5, 5.41) is 3.46. The number of aryl methyl sites for hydroxylation is 1. The number of aromatic nitrogens is 2. The third-order valence-electron chi connectivity index (χ3n) is 5.92. The number of hydrogen-bond acceptors (Lipinski definition) is 7. The van der Waals surface area contributed by atoms with Gasteiger partial charge in [0.2, 0.25) is 0 Å². The van der Waals surface area contributed by atoms with Crippen LogP contribution < -0.4 is 15.1 Å². The topological polar surface area (TPSA) is 62.8 Å². The fourth-order valence-corrected chi connectivity index (χ4v) is 4.16. The van der Waals surface area contributed by atoms with Gasteiger partial charge in [0.25, 0.3) is 0 Å². The maximum Gasteiger partial charge on any atom is 0.171 e. The van der Waals surface area contributed by atoms with E-state index < -0.39 is 0 Å². The van der Waals surface area contributed by atoms with Crippen molar-refractivity contribution in [3.8, 4) is 0 Å². The van der Waals surface area contributed by atoms with Crippen LogP contribution in [0.25, 0.3) is 0 Å². The van der Waals surface area contributed by atoms with Gasteiger partial charge < -0.3 is 24.6 Å². The Morgan fingerprint density at radius 3 is 2.45 bits per heavy atom. The number of rotatable bonds is 6. The van der Waals surface area contributed by atoms with Gasteiger partial charge in [-0.15, -0.1) is 0 Å². The molecular weight excluding hydrogens is 366 g/mol. The van der Waals surface area contributed by atoms with Crippen molar-refractivity contribution in [2.75, 3.05) is 54.5 Å². The summed E-state index contributed by atoms with van der Waals surface area (Å²) in [6.45, 7) is 11.6. The highest BCUT2D eigenvalue weighted by Crippen LogP contribution is 2.33. The maximum absolute atomic E-state index is 5.83. The number of anilines is 4. The van der Waals surface area contributed by atoms with Crippen LogP contribution in [0.1, 0.15) is 32.3 Å². The fraction of sp³-hybridized carbons (Fsp3) is 0.545. The van der Waals surface area contributed by atoms with Crippen LogP contribution in [-0.2, 0) is 9.47 Å². The van der Waals surface area contributed by atoms with Gasteiger partial charge in [0.1, 0.15) is 18.0 Å². The molecule has 7 nitrogen and oxygen atoms in total. The molecule has 0 unspecified atom stereocenters. The third kappa shape index (κ3) is 4.31. The van der Waals surface area contributed by atoms with E-state index in [0.717, 1.165) is 56.3 Å². The summed E-state index contributed by atoms with van der Waals surface area (Å²) < 4.78 is 11.7. The van der Waals surface area contributed by atoms with Crippen molar-refractivity contribution in [1.82, 2.24) is 9.97 Å². The van der Waals surface area contributed by atoms with E-state index in [9.17, 15) is 0 Å². The molecule has 7 heteroatoms. The Labute approximate surface area is 173 Å². The molecule has 0 aliphatic carbocycles. The minimum atomic E-state index is -0.367. The molecule has 3 heterocycles. The Morgan fingerprint density at radius 2 is 1.79 bits per heavy atom. The molecular formula is C22H31N5O2. The van der Waals surface area contributed by atoms with Crippen LogP contribution in [0.2, 0.25) is 0 Å². The van der Waals surface area contributed by atoms with Gasteiger partial charge in [-0.1, -0.05) is 0 Å². The SMILES string of the molecule is CCN(CC)c1ccc(Nc2cc(N3CCC4(CC3)OCCO4)ncn2)c(C)c1. The van der Waals surface area contributed by atoms with E-state index in [2.05, 4.69) is 64.1 Å². The number of ether oxygens (including phenoxy) is 2. The average Bonchev–Trinajstić information content (AvgIpc) is 3.19. The lowest BCUT2D eigenvalue weighted by Crippen LogP contribution is -2.45. The molecule has 0 radical (unpaired) electrons. The quantitative estimate of drug-likeness (QED) is 0.797. The lowest BCUT2D eigenvalue weighted by Gasteiger charge is -2.38. The summed E-state index contributed by atoms with van der Waals surface area (Å²) in [6, 6.07) is 8.54. The first kappa shape index (κ1) is 19.9. The Balaban J connectivity index is 1.44. The van der Waals surface area contributed by atoms with E-state index in [1.165, 1.54) is 11.3 Å². The highest BCUT2D eigenvalue weighted by atomic mass is 16.7. The number of piperidine rings is 1. The molecule has 2 aliphatic rings. The van der Waals surface area contributed by atoms with E-state index >= 15 is 0 Å². The fourth-order valence-electron chi connectivity index (χ4n) is 4.16. The van der Waals surface area contributed by atoms with Crippen LogP contribution >= 0.6 is 0 Å². The lowest BCUT2D eigenvalue weighted by atomic mass is 10.0. The van der Waals surface area contributed by atoms with E-state index in [1.807, 2.05) is 6.07 Å². The second-order valence-electron chi connectivity index (χ2n) is 7.65. The maximum atomic E-state index is 5.83. The van der Waals surface area contributed by atoms with E-state index in [4.69, 9.17) is 9.47 Å². The van der Waals surface area contributed by atoms with Crippen LogP contribution in [-0.4, -0.2) is 55.1 Å². The van der Waals surface area contributed by atoms with Crippen molar-refractivity contribution in [3.05, 3.63) is 36.2 Å². The Bertz CT molecular complexity index is 824. The molecule has 2 aromatic rings. The van der Waals surface area contributed by atoms with E-state index in [1.54, 1.807) is 6.33 Å². The first-order valence-corrected chi connectivity index (χ1v) is 10.6. The first-order chi connectivity index (χ1) is 14.1. The minimum Gasteiger partial charge on any atom is -0.372 e. The molecule has 1 spiro atoms. The predicted molar refractivity (Wildman–Crippen MR) is 116 cm³/mol. The number of hydrogen-bond donors (Lipinski definition) is 1. The van der Waals surface area contributed by atoms with Crippen LogP contribution in [0.5, 0.6) is 0 Å². The zero-order chi connectivity index (χ0) is 20.3. The van der Waals surface area contributed by atoms with Crippen molar-refractivity contribution in [2.45, 2.75) is 39.4 Å². The summed E-state index contributed by atoms with van der Waals surface area (Å²) in [6.07, 6.45) is 3.36. The van der Waals surface area contributed by atoms with Crippen LogP contribution in [0.3, 0.4) is 0 Å². The van der Waals surface area contributed by atoms with Gasteiger partial charge in [0, 0.05) is 56.5 Å². The highest BCUT2D eigenvalue weighted by Gasteiger charge is 2.40. The largest absolute Gasteiger partial charge is 0.372 e. The normalized spacial score (nSPS) is 18.2. The molecule has 1 aromatic heterocycles. The average molecular weight is 398 g/mol. The molecule has 1 N–H and O–H groups in total. The molecule has 0 amide bonds. The number of benzene rings is 1. The Hall–Kier alpha value is -2.38. The van der Waals surface area contributed by atoms with Crippen LogP contribution in [0.15, 0.2) is 30.6 Å². The van der Waals surface area contributed by atoms with Gasteiger partial charge in [-0.2, -0.15) is 0 Å². The summed E-state index contributed by atoms with van der Waals surface area (Å²) in [7, 11) is 0. The van der Waals surface area contributed by atoms with Crippen molar-refractivity contribution in [1.29, 1.82) is 0 Å². The predicted octanol–water partition coefficient (Wildman–Crippen LogP) is 3.72. The van der Waals surface area contributed by atoms with Gasteiger partial charge in [0.05, 0.1) is 13.2 Å². The zero-order valence-corrected chi connectivity index (χ0v) is 17.6. The van der Waals surface area contributed by atoms with Gasteiger partial charge in [0.15, 0.2) is 5.79 Å². The molecule has 4 rings (SSSR count). The molecule has 0 bridgehead atoms. The first-order valence-electron chi connectivity index (χ1n) is 10.6. The third-order valence-corrected chi connectivity index (χ3v) is 5.92. The van der Waals surface area contributed by atoms with Crippen LogP contribution in [0.4, 0.5) is 23.0 Å². The second-order valence-corrected chi connectivity index (χ2v) is 7.65. The standard InChI is InChI=1S/C22H31N5O2/c1-4-26(5-2)18-6-7-19(17(3)14-18)25-20-15-21(24-16-23-20)27-10-8-22(9-11-27)28-12-13-29-22/h6-7,14-16H,4-5,8-13H2,1-3H3,(H,23,24,25). The second kappa shape index (κ2) is 8.55. The Morgan fingerprint density at radius 1 is 1.07 bits per heavy atom. The van der Waals surface area contributed by atoms with Crippen molar-refractivity contribution in [3.63, 3.8) is 0 Å². The van der Waals surface area contributed by atoms with Crippen molar-refractivity contribution >= 4 is 23.0 Å². The van der Waals surface area contributed by atoms with Gasteiger partial charge in [-0.05, 0) is 44.5 Å².